The lowest BCUT2D eigenvalue weighted by Crippen LogP contribution is -2.55. The van der Waals surface area contributed by atoms with Crippen LogP contribution in [0, 0.1) is 5.92 Å². The molecule has 7 nitrogen and oxygen atoms in total. The van der Waals surface area contributed by atoms with Crippen molar-refractivity contribution in [3.05, 3.63) is 59.0 Å². The van der Waals surface area contributed by atoms with E-state index in [-0.39, 0.29) is 24.4 Å². The molecule has 192 valence electrons. The Kier molecular flexibility index (Phi) is 7.00. The molecule has 3 aromatic heterocycles. The van der Waals surface area contributed by atoms with Crippen molar-refractivity contribution >= 4 is 17.5 Å². The van der Waals surface area contributed by atoms with Crippen LogP contribution >= 0.6 is 11.6 Å². The second-order valence-electron chi connectivity index (χ2n) is 8.89. The molecule has 1 fully saturated rings. The predicted octanol–water partition coefficient (Wildman–Crippen LogP) is 5.06. The molecule has 0 bridgehead atoms. The molecule has 2 atom stereocenters. The molecule has 1 aliphatic heterocycles. The molecular formula is C23H22ClF5N6O. The van der Waals surface area contributed by atoms with Gasteiger partial charge in [-0.2, -0.15) is 18.3 Å². The number of halogens is 6. The van der Waals surface area contributed by atoms with Gasteiger partial charge < -0.3 is 4.90 Å². The molecule has 0 spiro atoms. The summed E-state index contributed by atoms with van der Waals surface area (Å²) in [5, 5.41) is 4.60. The topological polar surface area (TPSA) is 76.8 Å². The first kappa shape index (κ1) is 25.9. The van der Waals surface area contributed by atoms with Crippen molar-refractivity contribution in [2.24, 2.45) is 13.0 Å². The summed E-state index contributed by atoms with van der Waals surface area (Å²) in [6.07, 6.45) is -0.321. The number of hydrogen-bond donors (Lipinski definition) is 0. The van der Waals surface area contributed by atoms with Crippen LogP contribution in [0.2, 0.25) is 5.02 Å². The molecule has 1 aliphatic rings. The van der Waals surface area contributed by atoms with E-state index in [1.54, 1.807) is 32.3 Å². The fraction of sp³-hybridized carbons (Fsp3) is 0.435. The normalized spacial score (nSPS) is 19.9. The first-order valence-electron chi connectivity index (χ1n) is 11.1. The Morgan fingerprint density at radius 2 is 1.92 bits per heavy atom. The van der Waals surface area contributed by atoms with Crippen molar-refractivity contribution in [3.63, 3.8) is 0 Å². The van der Waals surface area contributed by atoms with Gasteiger partial charge >= 0.3 is 6.18 Å². The van der Waals surface area contributed by atoms with Crippen molar-refractivity contribution in [1.29, 1.82) is 0 Å². The van der Waals surface area contributed by atoms with Crippen molar-refractivity contribution in [1.82, 2.24) is 29.6 Å². The number of aryl methyl sites for hydroxylation is 2. The number of aromatic nitrogens is 5. The maximum atomic E-state index is 14.6. The third-order valence-electron chi connectivity index (χ3n) is 6.07. The maximum Gasteiger partial charge on any atom is 0.419 e. The number of hydrogen-bond acceptors (Lipinski definition) is 5. The average molecular weight is 529 g/mol. The largest absolute Gasteiger partial charge is 0.419 e. The van der Waals surface area contributed by atoms with E-state index >= 15 is 0 Å². The molecular weight excluding hydrogens is 507 g/mol. The SMILES string of the molecule is C[C@@H]1CC(F)(F)CN(C(=O)c2nn(C)cc2-c2cc(Cl)ccn2)[C@@H]1CCc1ncc(C(F)(F)F)cn1. The Bertz CT molecular complexity index is 1250. The Morgan fingerprint density at radius 3 is 2.56 bits per heavy atom. The molecule has 0 saturated carbocycles. The van der Waals surface area contributed by atoms with Gasteiger partial charge in [-0.25, -0.2) is 18.7 Å². The van der Waals surface area contributed by atoms with E-state index in [1.807, 2.05) is 0 Å². The maximum absolute atomic E-state index is 14.6. The second-order valence-corrected chi connectivity index (χ2v) is 9.32. The summed E-state index contributed by atoms with van der Waals surface area (Å²) in [6, 6.07) is 2.47. The molecule has 4 rings (SSSR count). The lowest BCUT2D eigenvalue weighted by atomic mass is 9.85. The first-order valence-corrected chi connectivity index (χ1v) is 11.4. The van der Waals surface area contributed by atoms with Crippen LogP contribution in [0.1, 0.15) is 41.6 Å². The highest BCUT2D eigenvalue weighted by Gasteiger charge is 2.46. The van der Waals surface area contributed by atoms with Gasteiger partial charge in [0.05, 0.1) is 23.4 Å². The lowest BCUT2D eigenvalue weighted by Gasteiger charge is -2.43. The minimum absolute atomic E-state index is 0.0482. The molecule has 4 heterocycles. The second kappa shape index (κ2) is 9.72. The number of piperidine rings is 1. The van der Waals surface area contributed by atoms with E-state index < -0.39 is 48.5 Å². The van der Waals surface area contributed by atoms with Crippen LogP contribution in [-0.2, 0) is 19.6 Å². The molecule has 13 heteroatoms. The number of alkyl halides is 5. The third kappa shape index (κ3) is 5.63. The van der Waals surface area contributed by atoms with Gasteiger partial charge in [0.25, 0.3) is 11.8 Å². The van der Waals surface area contributed by atoms with E-state index in [2.05, 4.69) is 20.1 Å². The van der Waals surface area contributed by atoms with Crippen LogP contribution in [0.15, 0.2) is 36.9 Å². The van der Waals surface area contributed by atoms with E-state index in [0.29, 0.717) is 28.7 Å². The predicted molar refractivity (Wildman–Crippen MR) is 120 cm³/mol. The van der Waals surface area contributed by atoms with E-state index in [9.17, 15) is 26.7 Å². The van der Waals surface area contributed by atoms with Crippen molar-refractivity contribution in [2.45, 2.75) is 44.3 Å². The van der Waals surface area contributed by atoms with Gasteiger partial charge in [-0.3, -0.25) is 14.5 Å². The van der Waals surface area contributed by atoms with Crippen molar-refractivity contribution < 1.29 is 26.7 Å². The summed E-state index contributed by atoms with van der Waals surface area (Å²) in [6.45, 7) is 0.803. The number of likely N-dealkylation sites (tertiary alicyclic amines) is 1. The summed E-state index contributed by atoms with van der Waals surface area (Å²) in [5.74, 6) is -4.28. The zero-order valence-corrected chi connectivity index (χ0v) is 20.1. The van der Waals surface area contributed by atoms with Crippen LogP contribution in [-0.4, -0.2) is 54.0 Å². The summed E-state index contributed by atoms with van der Waals surface area (Å²) in [4.78, 5) is 26.4. The monoisotopic (exact) mass is 528 g/mol. The zero-order valence-electron chi connectivity index (χ0n) is 19.3. The van der Waals surface area contributed by atoms with E-state index in [1.165, 1.54) is 10.9 Å². The quantitative estimate of drug-likeness (QED) is 0.433. The fourth-order valence-corrected chi connectivity index (χ4v) is 4.60. The molecule has 0 N–H and O–H groups in total. The number of nitrogens with zero attached hydrogens (tertiary/aromatic N) is 6. The third-order valence-corrected chi connectivity index (χ3v) is 6.30. The Labute approximate surface area is 208 Å². The zero-order chi connectivity index (χ0) is 26.3. The number of amides is 1. The number of carbonyl (C=O) groups is 1. The molecule has 0 aromatic carbocycles. The summed E-state index contributed by atoms with van der Waals surface area (Å²) in [7, 11) is 1.59. The summed E-state index contributed by atoms with van der Waals surface area (Å²) < 4.78 is 68.9. The highest BCUT2D eigenvalue weighted by molar-refractivity contribution is 6.30. The van der Waals surface area contributed by atoms with Gasteiger partial charge in [0.1, 0.15) is 5.82 Å². The Balaban J connectivity index is 1.61. The van der Waals surface area contributed by atoms with Gasteiger partial charge in [-0.1, -0.05) is 18.5 Å². The Hall–Kier alpha value is -3.15. The van der Waals surface area contributed by atoms with E-state index in [0.717, 1.165) is 4.90 Å². The smallest absolute Gasteiger partial charge is 0.328 e. The molecule has 0 aliphatic carbocycles. The minimum Gasteiger partial charge on any atom is -0.328 e. The molecule has 0 unspecified atom stereocenters. The van der Waals surface area contributed by atoms with Crippen LogP contribution in [0.4, 0.5) is 22.0 Å². The van der Waals surface area contributed by atoms with E-state index in [4.69, 9.17) is 11.6 Å². The van der Waals surface area contributed by atoms with Crippen LogP contribution < -0.4 is 0 Å². The highest BCUT2D eigenvalue weighted by Crippen LogP contribution is 2.37. The molecule has 0 radical (unpaired) electrons. The van der Waals surface area contributed by atoms with Gasteiger partial charge in [0, 0.05) is 55.7 Å². The standard InChI is InChI=1S/C23H22ClF5N6O/c1-13-8-22(25,26)12-35(18(13)3-4-19-31-9-14(10-32-19)23(27,28)29)21(36)20-16(11-34(2)33-20)17-7-15(24)5-6-30-17/h5-7,9-11,13,18H,3-4,8,12H2,1-2H3/t13-,18-/m1/s1. The number of carbonyl (C=O) groups excluding carboxylic acids is 1. The van der Waals surface area contributed by atoms with Crippen LogP contribution in [0.25, 0.3) is 11.3 Å². The minimum atomic E-state index is -4.57. The van der Waals surface area contributed by atoms with Gasteiger partial charge in [0.2, 0.25) is 0 Å². The summed E-state index contributed by atoms with van der Waals surface area (Å²) in [5.41, 5.74) is -0.319. The molecule has 1 amide bonds. The number of pyridine rings is 1. The molecule has 36 heavy (non-hydrogen) atoms. The van der Waals surface area contributed by atoms with Gasteiger partial charge in [-0.05, 0) is 24.5 Å². The van der Waals surface area contributed by atoms with Crippen molar-refractivity contribution in [3.8, 4) is 11.3 Å². The molecule has 3 aromatic rings. The fourth-order valence-electron chi connectivity index (χ4n) is 4.44. The lowest BCUT2D eigenvalue weighted by molar-refractivity contribution is -0.138. The Morgan fingerprint density at radius 1 is 1.22 bits per heavy atom. The van der Waals surface area contributed by atoms with Crippen LogP contribution in [0.3, 0.4) is 0 Å². The highest BCUT2D eigenvalue weighted by atomic mass is 35.5. The van der Waals surface area contributed by atoms with Gasteiger partial charge in [-0.15, -0.1) is 0 Å². The van der Waals surface area contributed by atoms with Crippen LogP contribution in [0.5, 0.6) is 0 Å². The number of rotatable bonds is 5. The summed E-state index contributed by atoms with van der Waals surface area (Å²) >= 11 is 6.06. The first-order chi connectivity index (χ1) is 16.8. The van der Waals surface area contributed by atoms with Crippen molar-refractivity contribution in [2.75, 3.05) is 6.54 Å². The van der Waals surface area contributed by atoms with Gasteiger partial charge in [0.15, 0.2) is 5.69 Å². The average Bonchev–Trinajstić information content (AvgIpc) is 3.18. The molecule has 1 saturated heterocycles.